The van der Waals surface area contributed by atoms with Crippen molar-refractivity contribution in [1.29, 1.82) is 0 Å². The SMILES string of the molecule is Nc1cccc(-c2ccc(CCC3CCc4c(ccc5c4ccc4ccccc45)C3)cc2)n1. The van der Waals surface area contributed by atoms with E-state index < -0.39 is 0 Å². The summed E-state index contributed by atoms with van der Waals surface area (Å²) in [5.74, 6) is 1.32. The molecule has 0 spiro atoms. The zero-order chi connectivity index (χ0) is 22.2. The molecule has 1 aliphatic carbocycles. The molecule has 2 N–H and O–H groups in total. The van der Waals surface area contributed by atoms with Crippen LogP contribution in [0, 0.1) is 5.92 Å². The predicted octanol–water partition coefficient (Wildman–Crippen LogP) is 7.37. The minimum atomic E-state index is 0.565. The van der Waals surface area contributed by atoms with Gasteiger partial charge in [0.15, 0.2) is 0 Å². The monoisotopic (exact) mass is 428 g/mol. The summed E-state index contributed by atoms with van der Waals surface area (Å²) in [6.45, 7) is 0. The fourth-order valence-corrected chi connectivity index (χ4v) is 5.52. The lowest BCUT2D eigenvalue weighted by Crippen LogP contribution is -2.15. The number of nitrogen functional groups attached to an aromatic ring is 1. The lowest BCUT2D eigenvalue weighted by atomic mass is 9.79. The summed E-state index contributed by atoms with van der Waals surface area (Å²) in [5, 5.41) is 5.56. The second-order valence-electron chi connectivity index (χ2n) is 9.38. The molecule has 0 radical (unpaired) electrons. The maximum absolute atomic E-state index is 5.83. The van der Waals surface area contributed by atoms with Crippen molar-refractivity contribution in [2.24, 2.45) is 5.92 Å². The van der Waals surface area contributed by atoms with E-state index in [2.05, 4.69) is 77.8 Å². The molecule has 33 heavy (non-hydrogen) atoms. The standard InChI is InChI=1S/C31H28N2/c32-31-7-3-6-30(33-31)24-13-10-21(11-14-24)8-9-22-12-17-27-25(20-22)16-19-28-26-5-2-1-4-23(26)15-18-29(27)28/h1-7,10-11,13-16,18-19,22H,8-9,12,17,20H2,(H2,32,33). The second kappa shape index (κ2) is 8.37. The van der Waals surface area contributed by atoms with Gasteiger partial charge in [-0.3, -0.25) is 0 Å². The minimum absolute atomic E-state index is 0.565. The van der Waals surface area contributed by atoms with Gasteiger partial charge in [0.2, 0.25) is 0 Å². The van der Waals surface area contributed by atoms with Crippen molar-refractivity contribution in [3.8, 4) is 11.3 Å². The Morgan fingerprint density at radius 1 is 0.758 bits per heavy atom. The van der Waals surface area contributed by atoms with E-state index in [0.29, 0.717) is 5.82 Å². The fourth-order valence-electron chi connectivity index (χ4n) is 5.52. The highest BCUT2D eigenvalue weighted by molar-refractivity contribution is 6.08. The first kappa shape index (κ1) is 20.0. The van der Waals surface area contributed by atoms with Crippen LogP contribution < -0.4 is 5.73 Å². The van der Waals surface area contributed by atoms with Gasteiger partial charge in [-0.2, -0.15) is 0 Å². The first-order valence-electron chi connectivity index (χ1n) is 12.0. The van der Waals surface area contributed by atoms with E-state index in [1.807, 2.05) is 18.2 Å². The topological polar surface area (TPSA) is 38.9 Å². The van der Waals surface area contributed by atoms with Gasteiger partial charge in [0.25, 0.3) is 0 Å². The molecular formula is C31H28N2. The Bertz CT molecular complexity index is 1450. The molecule has 0 saturated heterocycles. The Hall–Kier alpha value is -3.65. The first-order chi connectivity index (χ1) is 16.2. The molecule has 0 bridgehead atoms. The second-order valence-corrected chi connectivity index (χ2v) is 9.38. The van der Waals surface area contributed by atoms with Crippen molar-refractivity contribution in [3.63, 3.8) is 0 Å². The quantitative estimate of drug-likeness (QED) is 0.303. The number of aryl methyl sites for hydroxylation is 2. The third-order valence-electron chi connectivity index (χ3n) is 7.31. The number of aromatic nitrogens is 1. The van der Waals surface area contributed by atoms with Gasteiger partial charge in [0, 0.05) is 5.56 Å². The Morgan fingerprint density at radius 2 is 1.61 bits per heavy atom. The summed E-state index contributed by atoms with van der Waals surface area (Å²) in [6.07, 6.45) is 6.04. The highest BCUT2D eigenvalue weighted by Crippen LogP contribution is 2.36. The van der Waals surface area contributed by atoms with Crippen molar-refractivity contribution in [2.75, 3.05) is 5.73 Å². The average molecular weight is 429 g/mol. The van der Waals surface area contributed by atoms with Crippen LogP contribution in [-0.2, 0) is 19.3 Å². The molecule has 1 heterocycles. The molecule has 1 aliphatic rings. The highest BCUT2D eigenvalue weighted by atomic mass is 14.8. The molecule has 1 aromatic heterocycles. The van der Waals surface area contributed by atoms with Crippen LogP contribution in [-0.4, -0.2) is 4.98 Å². The van der Waals surface area contributed by atoms with E-state index >= 15 is 0 Å². The van der Waals surface area contributed by atoms with Gasteiger partial charge in [-0.05, 0) is 88.4 Å². The summed E-state index contributed by atoms with van der Waals surface area (Å²) in [7, 11) is 0. The predicted molar refractivity (Wildman–Crippen MR) is 139 cm³/mol. The normalized spacial score (nSPS) is 15.6. The zero-order valence-corrected chi connectivity index (χ0v) is 18.8. The fraction of sp³-hybridized carbons (Fsp3) is 0.194. The Morgan fingerprint density at radius 3 is 2.48 bits per heavy atom. The van der Waals surface area contributed by atoms with Crippen molar-refractivity contribution >= 4 is 27.4 Å². The van der Waals surface area contributed by atoms with Crippen LogP contribution in [0.3, 0.4) is 0 Å². The molecule has 2 nitrogen and oxygen atoms in total. The van der Waals surface area contributed by atoms with Gasteiger partial charge < -0.3 is 5.73 Å². The molecule has 2 heteroatoms. The minimum Gasteiger partial charge on any atom is -0.384 e. The molecule has 0 fully saturated rings. The van der Waals surface area contributed by atoms with Gasteiger partial charge in [0.1, 0.15) is 5.82 Å². The number of benzene rings is 4. The van der Waals surface area contributed by atoms with Crippen LogP contribution in [0.2, 0.25) is 0 Å². The van der Waals surface area contributed by atoms with Gasteiger partial charge in [-0.15, -0.1) is 0 Å². The van der Waals surface area contributed by atoms with Crippen molar-refractivity contribution < 1.29 is 0 Å². The molecule has 162 valence electrons. The smallest absolute Gasteiger partial charge is 0.124 e. The van der Waals surface area contributed by atoms with Crippen molar-refractivity contribution in [2.45, 2.75) is 32.1 Å². The van der Waals surface area contributed by atoms with E-state index in [-0.39, 0.29) is 0 Å². The highest BCUT2D eigenvalue weighted by Gasteiger charge is 2.20. The Balaban J connectivity index is 1.16. The maximum atomic E-state index is 5.83. The maximum Gasteiger partial charge on any atom is 0.124 e. The average Bonchev–Trinajstić information content (AvgIpc) is 2.87. The third-order valence-corrected chi connectivity index (χ3v) is 7.31. The molecule has 0 saturated carbocycles. The number of anilines is 1. The van der Waals surface area contributed by atoms with E-state index in [0.717, 1.165) is 23.6 Å². The third kappa shape index (κ3) is 3.87. The molecule has 0 amide bonds. The van der Waals surface area contributed by atoms with Crippen LogP contribution >= 0.6 is 0 Å². The van der Waals surface area contributed by atoms with Crippen LogP contribution in [0.25, 0.3) is 32.8 Å². The molecular weight excluding hydrogens is 400 g/mol. The van der Waals surface area contributed by atoms with Gasteiger partial charge in [0.05, 0.1) is 5.69 Å². The van der Waals surface area contributed by atoms with Crippen LogP contribution in [0.1, 0.15) is 29.5 Å². The number of nitrogens with zero attached hydrogens (tertiary/aromatic N) is 1. The lowest BCUT2D eigenvalue weighted by Gasteiger charge is -2.26. The van der Waals surface area contributed by atoms with E-state index in [9.17, 15) is 0 Å². The summed E-state index contributed by atoms with van der Waals surface area (Å²) in [6, 6.07) is 32.7. The number of nitrogens with two attached hydrogens (primary N) is 1. The molecule has 4 aromatic carbocycles. The number of pyridine rings is 1. The van der Waals surface area contributed by atoms with E-state index in [4.69, 9.17) is 5.73 Å². The summed E-state index contributed by atoms with van der Waals surface area (Å²) >= 11 is 0. The van der Waals surface area contributed by atoms with E-state index in [1.54, 1.807) is 11.1 Å². The Labute approximate surface area is 195 Å². The van der Waals surface area contributed by atoms with Gasteiger partial charge >= 0.3 is 0 Å². The van der Waals surface area contributed by atoms with Gasteiger partial charge in [-0.25, -0.2) is 4.98 Å². The molecule has 1 atom stereocenters. The van der Waals surface area contributed by atoms with Crippen LogP contribution in [0.4, 0.5) is 5.82 Å². The summed E-state index contributed by atoms with van der Waals surface area (Å²) in [5.41, 5.74) is 12.4. The number of rotatable bonds is 4. The van der Waals surface area contributed by atoms with Gasteiger partial charge in [-0.1, -0.05) is 78.9 Å². The molecule has 0 aliphatic heterocycles. The van der Waals surface area contributed by atoms with Crippen LogP contribution in [0.15, 0.2) is 91.0 Å². The molecule has 6 rings (SSSR count). The molecule has 5 aromatic rings. The Kier molecular flexibility index (Phi) is 5.07. The molecule has 1 unspecified atom stereocenters. The number of hydrogen-bond donors (Lipinski definition) is 1. The first-order valence-corrected chi connectivity index (χ1v) is 12.0. The summed E-state index contributed by atoms with van der Waals surface area (Å²) < 4.78 is 0. The number of fused-ring (bicyclic) bond motifs is 5. The van der Waals surface area contributed by atoms with Crippen molar-refractivity contribution in [1.82, 2.24) is 4.98 Å². The number of hydrogen-bond acceptors (Lipinski definition) is 2. The zero-order valence-electron chi connectivity index (χ0n) is 18.8. The lowest BCUT2D eigenvalue weighted by molar-refractivity contribution is 0.429. The van der Waals surface area contributed by atoms with Crippen molar-refractivity contribution in [3.05, 3.63) is 108 Å². The largest absolute Gasteiger partial charge is 0.384 e. The summed E-state index contributed by atoms with van der Waals surface area (Å²) in [4.78, 5) is 4.43. The van der Waals surface area contributed by atoms with Crippen LogP contribution in [0.5, 0.6) is 0 Å². The van der Waals surface area contributed by atoms with E-state index in [1.165, 1.54) is 52.8 Å².